The van der Waals surface area contributed by atoms with Crippen molar-refractivity contribution in [3.05, 3.63) is 36.0 Å². The zero-order valence-corrected chi connectivity index (χ0v) is 11.0. The molecular weight excluding hydrogens is 238 g/mol. The molecule has 5 nitrogen and oxygen atoms in total. The Morgan fingerprint density at radius 3 is 3.11 bits per heavy atom. The minimum Gasteiger partial charge on any atom is -0.310 e. The van der Waals surface area contributed by atoms with Crippen molar-refractivity contribution in [3.63, 3.8) is 0 Å². The predicted octanol–water partition coefficient (Wildman–Crippen LogP) is 1.92. The molecule has 1 atom stereocenters. The smallest absolute Gasteiger partial charge is 0.178 e. The lowest BCUT2D eigenvalue weighted by Crippen LogP contribution is -2.25. The molecule has 1 unspecified atom stereocenters. The van der Waals surface area contributed by atoms with E-state index in [0.29, 0.717) is 11.9 Å². The normalized spacial score (nSPS) is 18.1. The number of aryl methyl sites for hydroxylation is 1. The van der Waals surface area contributed by atoms with Crippen molar-refractivity contribution >= 4 is 0 Å². The third-order valence-corrected chi connectivity index (χ3v) is 3.44. The highest BCUT2D eigenvalue weighted by atomic mass is 15.0. The predicted molar refractivity (Wildman–Crippen MR) is 72.4 cm³/mol. The number of nitrogens with one attached hydrogen (secondary N) is 1. The lowest BCUT2D eigenvalue weighted by atomic mass is 9.92. The second-order valence-electron chi connectivity index (χ2n) is 4.69. The zero-order chi connectivity index (χ0) is 13.1. The van der Waals surface area contributed by atoms with Crippen LogP contribution in [0.15, 0.2) is 24.8 Å². The molecule has 0 fully saturated rings. The van der Waals surface area contributed by atoms with Gasteiger partial charge in [0.15, 0.2) is 5.82 Å². The summed E-state index contributed by atoms with van der Waals surface area (Å²) < 4.78 is 0. The van der Waals surface area contributed by atoms with Crippen LogP contribution in [0.5, 0.6) is 0 Å². The van der Waals surface area contributed by atoms with Crippen molar-refractivity contribution in [1.82, 2.24) is 25.3 Å². The highest BCUT2D eigenvalue weighted by molar-refractivity contribution is 5.48. The van der Waals surface area contributed by atoms with Crippen LogP contribution >= 0.6 is 0 Å². The van der Waals surface area contributed by atoms with E-state index in [-0.39, 0.29) is 0 Å². The van der Waals surface area contributed by atoms with E-state index >= 15 is 0 Å². The minimum atomic E-state index is 0.396. The topological polar surface area (TPSA) is 63.6 Å². The Bertz CT molecular complexity index is 555. The molecule has 0 amide bonds. The van der Waals surface area contributed by atoms with Gasteiger partial charge in [-0.3, -0.25) is 0 Å². The number of aromatic nitrogens is 4. The van der Waals surface area contributed by atoms with E-state index in [9.17, 15) is 0 Å². The molecule has 0 radical (unpaired) electrons. The van der Waals surface area contributed by atoms with E-state index < -0.39 is 0 Å². The summed E-state index contributed by atoms with van der Waals surface area (Å²) in [6, 6.07) is 2.24. The number of rotatable bonds is 3. The van der Waals surface area contributed by atoms with Crippen molar-refractivity contribution in [2.75, 3.05) is 6.54 Å². The molecule has 5 heteroatoms. The van der Waals surface area contributed by atoms with E-state index in [1.165, 1.54) is 18.3 Å². The second-order valence-corrected chi connectivity index (χ2v) is 4.69. The molecule has 0 saturated carbocycles. The molecule has 1 aliphatic rings. The molecule has 1 N–H and O–H groups in total. The third kappa shape index (κ3) is 2.46. The van der Waals surface area contributed by atoms with Crippen LogP contribution in [-0.4, -0.2) is 26.5 Å². The van der Waals surface area contributed by atoms with E-state index in [1.54, 1.807) is 6.20 Å². The van der Waals surface area contributed by atoms with Gasteiger partial charge in [0.05, 0.1) is 0 Å². The van der Waals surface area contributed by atoms with Crippen LogP contribution in [0.1, 0.15) is 37.1 Å². The lowest BCUT2D eigenvalue weighted by molar-refractivity contribution is 0.464. The van der Waals surface area contributed by atoms with E-state index in [0.717, 1.165) is 30.8 Å². The van der Waals surface area contributed by atoms with Crippen LogP contribution in [0.2, 0.25) is 0 Å². The minimum absolute atomic E-state index is 0.396. The second kappa shape index (κ2) is 5.40. The van der Waals surface area contributed by atoms with Crippen LogP contribution in [0.3, 0.4) is 0 Å². The van der Waals surface area contributed by atoms with Gasteiger partial charge in [-0.2, -0.15) is 0 Å². The summed E-state index contributed by atoms with van der Waals surface area (Å²) >= 11 is 0. The van der Waals surface area contributed by atoms with E-state index in [1.807, 2.05) is 12.3 Å². The van der Waals surface area contributed by atoms with Gasteiger partial charge in [-0.1, -0.05) is 6.92 Å². The van der Waals surface area contributed by atoms with Crippen molar-refractivity contribution in [2.24, 2.45) is 0 Å². The maximum atomic E-state index is 4.67. The Hall–Kier alpha value is -1.88. The maximum Gasteiger partial charge on any atom is 0.178 e. The van der Waals surface area contributed by atoms with Crippen LogP contribution in [0.25, 0.3) is 11.5 Å². The Morgan fingerprint density at radius 1 is 1.37 bits per heavy atom. The van der Waals surface area contributed by atoms with E-state index in [2.05, 4.69) is 32.2 Å². The third-order valence-electron chi connectivity index (χ3n) is 3.44. The molecule has 0 bridgehead atoms. The first kappa shape index (κ1) is 12.2. The molecule has 0 saturated heterocycles. The first-order valence-corrected chi connectivity index (χ1v) is 6.74. The molecule has 0 aliphatic heterocycles. The Kier molecular flexibility index (Phi) is 3.46. The van der Waals surface area contributed by atoms with Crippen molar-refractivity contribution in [3.8, 4) is 11.5 Å². The quantitative estimate of drug-likeness (QED) is 0.907. The molecule has 2 aromatic rings. The van der Waals surface area contributed by atoms with Crippen molar-refractivity contribution in [2.45, 2.75) is 32.2 Å². The average molecular weight is 255 g/mol. The SMILES string of the molecule is CCNC1CCCc2nc(-c3ccncn3)ncc21. The van der Waals surface area contributed by atoms with Crippen molar-refractivity contribution < 1.29 is 0 Å². The zero-order valence-electron chi connectivity index (χ0n) is 11.0. The van der Waals surface area contributed by atoms with Gasteiger partial charge < -0.3 is 5.32 Å². The highest BCUT2D eigenvalue weighted by Gasteiger charge is 2.21. The monoisotopic (exact) mass is 255 g/mol. The fraction of sp³-hybridized carbons (Fsp3) is 0.429. The molecule has 0 spiro atoms. The summed E-state index contributed by atoms with van der Waals surface area (Å²) in [5.74, 6) is 0.693. The summed E-state index contributed by atoms with van der Waals surface area (Å²) in [6.45, 7) is 3.10. The Balaban J connectivity index is 1.96. The molecule has 2 aromatic heterocycles. The first-order valence-electron chi connectivity index (χ1n) is 6.74. The van der Waals surface area contributed by atoms with Gasteiger partial charge in [0, 0.05) is 29.7 Å². The Labute approximate surface area is 112 Å². The summed E-state index contributed by atoms with van der Waals surface area (Å²) in [4.78, 5) is 17.2. The molecule has 0 aromatic carbocycles. The summed E-state index contributed by atoms with van der Waals surface area (Å²) in [5.41, 5.74) is 3.18. The van der Waals surface area contributed by atoms with Gasteiger partial charge in [0.2, 0.25) is 0 Å². The van der Waals surface area contributed by atoms with E-state index in [4.69, 9.17) is 0 Å². The Morgan fingerprint density at radius 2 is 2.32 bits per heavy atom. The van der Waals surface area contributed by atoms with Gasteiger partial charge in [-0.25, -0.2) is 19.9 Å². The van der Waals surface area contributed by atoms with Gasteiger partial charge in [0.25, 0.3) is 0 Å². The van der Waals surface area contributed by atoms with Crippen LogP contribution < -0.4 is 5.32 Å². The molecular formula is C14H17N5. The van der Waals surface area contributed by atoms with Gasteiger partial charge in [-0.15, -0.1) is 0 Å². The molecule has 1 aliphatic carbocycles. The summed E-state index contributed by atoms with van der Waals surface area (Å²) in [6.07, 6.45) is 8.55. The molecule has 98 valence electrons. The highest BCUT2D eigenvalue weighted by Crippen LogP contribution is 2.28. The summed E-state index contributed by atoms with van der Waals surface area (Å²) in [7, 11) is 0. The number of fused-ring (bicyclic) bond motifs is 1. The van der Waals surface area contributed by atoms with Crippen LogP contribution in [0.4, 0.5) is 0 Å². The van der Waals surface area contributed by atoms with Gasteiger partial charge >= 0.3 is 0 Å². The molecule has 3 rings (SSSR count). The molecule has 19 heavy (non-hydrogen) atoms. The molecule has 2 heterocycles. The summed E-state index contributed by atoms with van der Waals surface area (Å²) in [5, 5.41) is 3.49. The van der Waals surface area contributed by atoms with Crippen molar-refractivity contribution in [1.29, 1.82) is 0 Å². The maximum absolute atomic E-state index is 4.67. The average Bonchev–Trinajstić information content (AvgIpc) is 2.48. The largest absolute Gasteiger partial charge is 0.310 e. The number of nitrogens with zero attached hydrogens (tertiary/aromatic N) is 4. The standard InChI is InChI=1S/C14H17N5/c1-2-16-11-4-3-5-12-10(11)8-17-14(19-12)13-6-7-15-9-18-13/h6-9,11,16H,2-5H2,1H3. The lowest BCUT2D eigenvalue weighted by Gasteiger charge is -2.25. The number of hydrogen-bond acceptors (Lipinski definition) is 5. The first-order chi connectivity index (χ1) is 9.38. The van der Waals surface area contributed by atoms with Gasteiger partial charge in [-0.05, 0) is 31.9 Å². The van der Waals surface area contributed by atoms with Gasteiger partial charge in [0.1, 0.15) is 12.0 Å². The van der Waals surface area contributed by atoms with Crippen LogP contribution in [0, 0.1) is 0 Å². The van der Waals surface area contributed by atoms with Crippen LogP contribution in [-0.2, 0) is 6.42 Å². The fourth-order valence-electron chi connectivity index (χ4n) is 2.55. The number of hydrogen-bond donors (Lipinski definition) is 1. The fourth-order valence-corrected chi connectivity index (χ4v) is 2.55.